The van der Waals surface area contributed by atoms with Gasteiger partial charge in [-0.2, -0.15) is 26.3 Å². The van der Waals surface area contributed by atoms with E-state index in [2.05, 4.69) is 0 Å². The van der Waals surface area contributed by atoms with Gasteiger partial charge in [-0.3, -0.25) is 9.69 Å². The van der Waals surface area contributed by atoms with Gasteiger partial charge in [0.2, 0.25) is 0 Å². The minimum Gasteiger partial charge on any atom is -0.496 e. The first-order chi connectivity index (χ1) is 22.5. The monoisotopic (exact) mass is 681 g/mol. The molecule has 2 atom stereocenters. The number of ether oxygens (including phenoxy) is 2. The quantitative estimate of drug-likeness (QED) is 0.243. The van der Waals surface area contributed by atoms with E-state index in [9.17, 15) is 41.0 Å². The molecule has 1 aromatic heterocycles. The number of carbonyl (C=O) groups excluding carboxylic acids is 1. The van der Waals surface area contributed by atoms with E-state index in [1.165, 1.54) is 25.0 Å². The lowest BCUT2D eigenvalue weighted by Crippen LogP contribution is -2.38. The van der Waals surface area contributed by atoms with Crippen LogP contribution in [0.15, 0.2) is 42.5 Å². The fourth-order valence-corrected chi connectivity index (χ4v) is 6.38. The molecule has 6 rings (SSSR count). The average molecular weight is 682 g/mol. The molecule has 3 aromatic rings. The standard InChI is InChI=1S/C33H30F7N3O5/c1-16-29(18-10-20(32(35,36)37)12-21(11-18)33(38,39)40)48-31(46)43(16)15-26-22(4-5-28(41-26)42-6-3-7-42)24-13-23(25(34)14-27(24)47-2)17-8-19(9-17)30(44)45/h4-5,10-14,16-17,19,29H,3,6-9,15H2,1-2H3,(H,44,45)/t16-,17-,19-,29-/m0/s1. The number of alkyl halides is 6. The lowest BCUT2D eigenvalue weighted by molar-refractivity contribution is -0.145. The van der Waals surface area contributed by atoms with Crippen molar-refractivity contribution in [2.75, 3.05) is 25.1 Å². The van der Waals surface area contributed by atoms with E-state index < -0.39 is 65.0 Å². The predicted octanol–water partition coefficient (Wildman–Crippen LogP) is 7.80. The van der Waals surface area contributed by atoms with Crippen molar-refractivity contribution in [1.29, 1.82) is 0 Å². The largest absolute Gasteiger partial charge is 0.496 e. The normalized spacial score (nSPS) is 22.6. The molecule has 15 heteroatoms. The number of amides is 1. The maximum absolute atomic E-state index is 15.2. The first-order valence-electron chi connectivity index (χ1n) is 15.2. The zero-order valence-electron chi connectivity index (χ0n) is 25.7. The number of hydrogen-bond acceptors (Lipinski definition) is 6. The molecule has 0 spiro atoms. The topological polar surface area (TPSA) is 92.2 Å². The minimum absolute atomic E-state index is 0.00987. The number of aliphatic carboxylic acids is 1. The molecule has 8 nitrogen and oxygen atoms in total. The fraction of sp³-hybridized carbons (Fsp3) is 0.424. The summed E-state index contributed by atoms with van der Waals surface area (Å²) in [5, 5.41) is 9.31. The number of halogens is 7. The van der Waals surface area contributed by atoms with Gasteiger partial charge in [0.15, 0.2) is 0 Å². The zero-order chi connectivity index (χ0) is 34.7. The van der Waals surface area contributed by atoms with E-state index in [1.807, 2.05) is 4.90 Å². The van der Waals surface area contributed by atoms with E-state index >= 15 is 4.39 Å². The van der Waals surface area contributed by atoms with Crippen LogP contribution >= 0.6 is 0 Å². The number of carbonyl (C=O) groups is 2. The van der Waals surface area contributed by atoms with Gasteiger partial charge >= 0.3 is 24.4 Å². The van der Waals surface area contributed by atoms with Gasteiger partial charge in [-0.1, -0.05) is 0 Å². The Labute approximate surface area is 270 Å². The maximum Gasteiger partial charge on any atom is 0.416 e. The van der Waals surface area contributed by atoms with E-state index in [1.54, 1.807) is 18.2 Å². The Morgan fingerprint density at radius 2 is 1.65 bits per heavy atom. The van der Waals surface area contributed by atoms with Crippen LogP contribution in [0.3, 0.4) is 0 Å². The molecule has 3 aliphatic rings. The summed E-state index contributed by atoms with van der Waals surface area (Å²) in [4.78, 5) is 32.5. The van der Waals surface area contributed by atoms with Gasteiger partial charge in [0, 0.05) is 30.3 Å². The molecule has 0 bridgehead atoms. The number of carboxylic acids is 1. The maximum atomic E-state index is 15.2. The number of hydrogen-bond donors (Lipinski definition) is 1. The second-order valence-electron chi connectivity index (χ2n) is 12.3. The number of nitrogens with zero attached hydrogens (tertiary/aromatic N) is 3. The van der Waals surface area contributed by atoms with Gasteiger partial charge in [-0.05, 0) is 79.6 Å². The Morgan fingerprint density at radius 1 is 1.00 bits per heavy atom. The first kappa shape index (κ1) is 33.3. The molecule has 1 aliphatic carbocycles. The van der Waals surface area contributed by atoms with Crippen LogP contribution in [0.1, 0.15) is 66.2 Å². The van der Waals surface area contributed by atoms with Crippen molar-refractivity contribution in [2.45, 2.75) is 63.1 Å². The number of cyclic esters (lactones) is 1. The van der Waals surface area contributed by atoms with Gasteiger partial charge in [-0.25, -0.2) is 14.2 Å². The molecule has 3 fully saturated rings. The first-order valence-corrected chi connectivity index (χ1v) is 15.2. The lowest BCUT2D eigenvalue weighted by Gasteiger charge is -2.34. The van der Waals surface area contributed by atoms with Crippen LogP contribution in [-0.4, -0.2) is 53.3 Å². The molecular formula is C33H30F7N3O5. The molecule has 256 valence electrons. The Bertz CT molecular complexity index is 1720. The van der Waals surface area contributed by atoms with Crippen LogP contribution in [0.5, 0.6) is 5.75 Å². The summed E-state index contributed by atoms with van der Waals surface area (Å²) in [5.74, 6) is -1.76. The highest BCUT2D eigenvalue weighted by Gasteiger charge is 2.44. The molecular weight excluding hydrogens is 651 g/mol. The van der Waals surface area contributed by atoms with Crippen molar-refractivity contribution >= 4 is 17.9 Å². The van der Waals surface area contributed by atoms with Crippen LogP contribution in [-0.2, 0) is 28.4 Å². The fourth-order valence-electron chi connectivity index (χ4n) is 6.38. The smallest absolute Gasteiger partial charge is 0.416 e. The molecule has 1 N–H and O–H groups in total. The van der Waals surface area contributed by atoms with E-state index in [0.717, 1.165) is 19.5 Å². The molecule has 0 unspecified atom stereocenters. The Hall–Kier alpha value is -4.56. The number of pyridine rings is 1. The van der Waals surface area contributed by atoms with Crippen molar-refractivity contribution in [3.05, 3.63) is 76.2 Å². The minimum atomic E-state index is -5.08. The Balaban J connectivity index is 1.38. The van der Waals surface area contributed by atoms with E-state index in [-0.39, 0.29) is 37.1 Å². The number of aromatic nitrogens is 1. The molecule has 48 heavy (non-hydrogen) atoms. The van der Waals surface area contributed by atoms with Crippen LogP contribution in [0.25, 0.3) is 11.1 Å². The Kier molecular flexibility index (Phi) is 8.44. The molecule has 2 saturated heterocycles. The van der Waals surface area contributed by atoms with Gasteiger partial charge < -0.3 is 19.5 Å². The number of methoxy groups -OCH3 is 1. The summed E-state index contributed by atoms with van der Waals surface area (Å²) >= 11 is 0. The lowest BCUT2D eigenvalue weighted by atomic mass is 9.71. The van der Waals surface area contributed by atoms with Crippen LogP contribution < -0.4 is 9.64 Å². The number of carboxylic acid groups (broad SMARTS) is 1. The van der Waals surface area contributed by atoms with Crippen LogP contribution in [0, 0.1) is 11.7 Å². The molecule has 3 heterocycles. The molecule has 2 aromatic carbocycles. The third kappa shape index (κ3) is 6.21. The van der Waals surface area contributed by atoms with Crippen molar-refractivity contribution in [3.63, 3.8) is 0 Å². The summed E-state index contributed by atoms with van der Waals surface area (Å²) in [5.41, 5.74) is -2.07. The van der Waals surface area contributed by atoms with E-state index in [4.69, 9.17) is 14.5 Å². The third-order valence-corrected chi connectivity index (χ3v) is 9.33. The highest BCUT2D eigenvalue weighted by Crippen LogP contribution is 2.47. The van der Waals surface area contributed by atoms with Crippen LogP contribution in [0.2, 0.25) is 0 Å². The SMILES string of the molecule is COc1cc(F)c([C@H]2C[C@H](C(=O)O)C2)cc1-c1ccc(N2CCC2)nc1CN1C(=O)O[C@H](c2cc(C(F)(F)F)cc(C(F)(F)F)c2)[C@@H]1C. The van der Waals surface area contributed by atoms with Gasteiger partial charge in [-0.15, -0.1) is 0 Å². The van der Waals surface area contributed by atoms with Crippen molar-refractivity contribution in [3.8, 4) is 16.9 Å². The average Bonchev–Trinajstić information content (AvgIpc) is 3.23. The molecule has 2 aliphatic heterocycles. The predicted molar refractivity (Wildman–Crippen MR) is 157 cm³/mol. The third-order valence-electron chi connectivity index (χ3n) is 9.33. The van der Waals surface area contributed by atoms with Crippen LogP contribution in [0.4, 0.5) is 41.3 Å². The summed E-state index contributed by atoms with van der Waals surface area (Å²) in [7, 11) is 1.35. The van der Waals surface area contributed by atoms with E-state index in [0.29, 0.717) is 40.3 Å². The highest BCUT2D eigenvalue weighted by atomic mass is 19.4. The van der Waals surface area contributed by atoms with Gasteiger partial charge in [0.05, 0.1) is 42.4 Å². The van der Waals surface area contributed by atoms with Crippen molar-refractivity contribution < 1.29 is 54.9 Å². The van der Waals surface area contributed by atoms with Gasteiger partial charge in [0.1, 0.15) is 23.5 Å². The van der Waals surface area contributed by atoms with Crippen molar-refractivity contribution in [1.82, 2.24) is 9.88 Å². The molecule has 0 radical (unpaired) electrons. The number of anilines is 1. The number of benzene rings is 2. The molecule has 1 amide bonds. The molecule has 1 saturated carbocycles. The Morgan fingerprint density at radius 3 is 2.19 bits per heavy atom. The second kappa shape index (κ2) is 12.2. The summed E-state index contributed by atoms with van der Waals surface area (Å²) in [6.45, 7) is 2.65. The zero-order valence-corrected chi connectivity index (χ0v) is 25.7. The van der Waals surface area contributed by atoms with Crippen molar-refractivity contribution in [2.24, 2.45) is 5.92 Å². The number of rotatable bonds is 8. The second-order valence-corrected chi connectivity index (χ2v) is 12.3. The highest BCUT2D eigenvalue weighted by molar-refractivity contribution is 5.77. The van der Waals surface area contributed by atoms with Gasteiger partial charge in [0.25, 0.3) is 0 Å². The summed E-state index contributed by atoms with van der Waals surface area (Å²) < 4.78 is 108. The summed E-state index contributed by atoms with van der Waals surface area (Å²) in [6.07, 6.45) is -11.2. The summed E-state index contributed by atoms with van der Waals surface area (Å²) in [6, 6.07) is 6.32.